The summed E-state index contributed by atoms with van der Waals surface area (Å²) in [6, 6.07) is -1.89. The van der Waals surface area contributed by atoms with E-state index < -0.39 is 119 Å². The molecule has 0 saturated carbocycles. The van der Waals surface area contributed by atoms with Gasteiger partial charge in [-0.15, -0.1) is 0 Å². The number of aliphatic hydroxyl groups is 11. The van der Waals surface area contributed by atoms with Gasteiger partial charge < -0.3 is 87.7 Å². The number of rotatable bonds is 22. The van der Waals surface area contributed by atoms with Gasteiger partial charge in [0.15, 0.2) is 0 Å². The lowest BCUT2D eigenvalue weighted by molar-refractivity contribution is -0.123. The van der Waals surface area contributed by atoms with Crippen LogP contribution in [0.3, 0.4) is 0 Å². The van der Waals surface area contributed by atoms with Crippen LogP contribution in [0.2, 0.25) is 0 Å². The van der Waals surface area contributed by atoms with Crippen molar-refractivity contribution >= 4 is 182 Å². The van der Waals surface area contributed by atoms with Crippen molar-refractivity contribution in [3.63, 3.8) is 0 Å². The topological polar surface area (TPSA) is 388 Å². The minimum atomic E-state index is -1.36. The highest BCUT2D eigenvalue weighted by molar-refractivity contribution is 14.1. The first kappa shape index (κ1) is 61.2. The number of amides is 6. The molecule has 2 aromatic rings. The summed E-state index contributed by atoms with van der Waals surface area (Å²) in [6.45, 7) is -4.10. The number of carbonyl (C=O) groups excluding carboxylic acids is 6. The molecule has 360 valence electrons. The third-order valence-corrected chi connectivity index (χ3v) is 14.6. The van der Waals surface area contributed by atoms with Crippen molar-refractivity contribution in [3.05, 3.63) is 43.7 Å². The average Bonchev–Trinajstić information content (AvgIpc) is 3.26. The molecule has 0 aliphatic rings. The third kappa shape index (κ3) is 17.0. The Morgan fingerprint density at radius 1 is 0.531 bits per heavy atom. The molecule has 0 aliphatic carbocycles. The SMILES string of the molecule is C[C@H](O)C(=O)Nc1c(I)c(C(=O)NC(CO)CO)c(I)c(C(=O)NC(CO)CO)c1I.O=C(NCC(O)CO)c1c(I)c(C(=O)NCC(O)CO)c(I)c(N(CCO)C(=O)CO)c1I. The van der Waals surface area contributed by atoms with Crippen LogP contribution in [0, 0.1) is 21.4 Å². The smallest absolute Gasteiger partial charge is 0.253 e. The fraction of sp³-hybridized carbons (Fsp3) is 0.486. The van der Waals surface area contributed by atoms with Crippen molar-refractivity contribution in [2.24, 2.45) is 0 Å². The summed E-state index contributed by atoms with van der Waals surface area (Å²) in [5.41, 5.74) is 0.229. The molecule has 29 heteroatoms. The van der Waals surface area contributed by atoms with E-state index in [9.17, 15) is 74.7 Å². The van der Waals surface area contributed by atoms with Crippen LogP contribution in [0.5, 0.6) is 0 Å². The number of benzene rings is 2. The van der Waals surface area contributed by atoms with E-state index in [1.54, 1.807) is 45.2 Å². The maximum Gasteiger partial charge on any atom is 0.253 e. The molecule has 0 saturated heterocycles. The predicted molar refractivity (Wildman–Crippen MR) is 278 cm³/mol. The van der Waals surface area contributed by atoms with E-state index in [0.29, 0.717) is 0 Å². The average molecular weight is 1580 g/mol. The second-order valence-corrected chi connectivity index (χ2v) is 19.3. The van der Waals surface area contributed by atoms with Crippen molar-refractivity contribution in [2.45, 2.75) is 37.3 Å². The van der Waals surface area contributed by atoms with Gasteiger partial charge in [-0.2, -0.15) is 0 Å². The quantitative estimate of drug-likeness (QED) is 0.0522. The van der Waals surface area contributed by atoms with Crippen LogP contribution in [-0.4, -0.2) is 194 Å². The molecule has 3 atom stereocenters. The number of nitrogens with one attached hydrogen (secondary N) is 5. The van der Waals surface area contributed by atoms with E-state index >= 15 is 0 Å². The summed E-state index contributed by atoms with van der Waals surface area (Å²) >= 11 is 10.8. The largest absolute Gasteiger partial charge is 0.395 e. The first-order valence-corrected chi connectivity index (χ1v) is 24.7. The van der Waals surface area contributed by atoms with E-state index in [1.165, 1.54) is 6.92 Å². The standard InChI is InChI=1S/C18H24I3N3O9.C17H22I3N3O8/c19-13-11(17(32)22-3-8(29)5-26)14(20)16(24(1-2-25)10(31)7-28)15(21)12(13)18(33)23-4-9(30)6-27;1-6(28)15(29)23-14-12(19)9(16(30)21-7(2-24)3-25)11(18)10(13(14)20)17(31)22-8(4-26)5-27/h8-9,25-30H,1-7H2,(H,22,32)(H,23,33);6-8,24-28H,2-5H2,1H3,(H,21,30)(H,22,31)(H,23,29)/t;6-/m.0/s1. The Balaban J connectivity index is 0.000000641. The summed E-state index contributed by atoms with van der Waals surface area (Å²) in [7, 11) is 0. The maximum atomic E-state index is 13.0. The lowest BCUT2D eigenvalue weighted by atomic mass is 10.1. The van der Waals surface area contributed by atoms with E-state index in [-0.39, 0.29) is 74.7 Å². The van der Waals surface area contributed by atoms with Gasteiger partial charge in [0.05, 0.1) is 118 Å². The molecule has 0 heterocycles. The third-order valence-electron chi connectivity index (χ3n) is 8.15. The number of halogens is 6. The molecule has 23 nitrogen and oxygen atoms in total. The fourth-order valence-corrected chi connectivity index (χ4v) is 13.9. The van der Waals surface area contributed by atoms with Crippen molar-refractivity contribution in [1.29, 1.82) is 0 Å². The number of aliphatic hydroxyl groups excluding tert-OH is 11. The number of anilines is 2. The summed E-state index contributed by atoms with van der Waals surface area (Å²) < 4.78 is 1.45. The van der Waals surface area contributed by atoms with Crippen LogP contribution in [0.25, 0.3) is 0 Å². The monoisotopic (exact) mass is 1580 g/mol. The molecule has 64 heavy (non-hydrogen) atoms. The number of nitrogens with zero attached hydrogens (tertiary/aromatic N) is 1. The molecule has 0 bridgehead atoms. The van der Waals surface area contributed by atoms with Crippen LogP contribution in [0.4, 0.5) is 11.4 Å². The zero-order valence-corrected chi connectivity index (χ0v) is 46.2. The highest BCUT2D eigenvalue weighted by Crippen LogP contribution is 2.39. The molecule has 2 rings (SSSR count). The van der Waals surface area contributed by atoms with Gasteiger partial charge in [0, 0.05) is 26.8 Å². The Labute approximate surface area is 447 Å². The van der Waals surface area contributed by atoms with Crippen molar-refractivity contribution < 1.29 is 84.9 Å². The van der Waals surface area contributed by atoms with Crippen LogP contribution in [0.15, 0.2) is 0 Å². The number of carbonyl (C=O) groups is 6. The molecular weight excluding hydrogens is 1540 g/mol. The van der Waals surface area contributed by atoms with Crippen molar-refractivity contribution in [1.82, 2.24) is 21.3 Å². The number of hydrogen-bond donors (Lipinski definition) is 16. The van der Waals surface area contributed by atoms with Crippen molar-refractivity contribution in [2.75, 3.05) is 82.7 Å². The summed E-state index contributed by atoms with van der Waals surface area (Å²) in [6.07, 6.45) is -3.78. The second-order valence-electron chi connectivity index (χ2n) is 12.9. The van der Waals surface area contributed by atoms with Gasteiger partial charge in [-0.25, -0.2) is 0 Å². The lowest BCUT2D eigenvalue weighted by Crippen LogP contribution is -2.42. The molecular formula is C35H46I6N6O17. The fourth-order valence-electron chi connectivity index (χ4n) is 4.77. The highest BCUT2D eigenvalue weighted by atomic mass is 127. The van der Waals surface area contributed by atoms with Gasteiger partial charge in [-0.3, -0.25) is 28.8 Å². The van der Waals surface area contributed by atoms with Gasteiger partial charge in [-0.05, 0) is 142 Å². The highest BCUT2D eigenvalue weighted by Gasteiger charge is 2.33. The first-order valence-electron chi connectivity index (χ1n) is 18.2. The summed E-state index contributed by atoms with van der Waals surface area (Å²) in [5.74, 6) is -4.34. The molecule has 0 radical (unpaired) electrons. The maximum absolute atomic E-state index is 13.0. The Morgan fingerprint density at radius 2 is 0.891 bits per heavy atom. The Bertz CT molecular complexity index is 1870. The molecule has 0 spiro atoms. The summed E-state index contributed by atoms with van der Waals surface area (Å²) in [5, 5.41) is 115. The minimum Gasteiger partial charge on any atom is -0.395 e. The molecule has 0 aliphatic heterocycles. The zero-order valence-electron chi connectivity index (χ0n) is 33.2. The zero-order chi connectivity index (χ0) is 49.2. The summed E-state index contributed by atoms with van der Waals surface area (Å²) in [4.78, 5) is 77.2. The van der Waals surface area contributed by atoms with Crippen LogP contribution < -0.4 is 31.5 Å². The normalized spacial score (nSPS) is 12.4. The van der Waals surface area contributed by atoms with Gasteiger partial charge in [0.25, 0.3) is 35.4 Å². The second kappa shape index (κ2) is 30.6. The van der Waals surface area contributed by atoms with E-state index in [2.05, 4.69) is 26.6 Å². The Morgan fingerprint density at radius 3 is 1.19 bits per heavy atom. The van der Waals surface area contributed by atoms with Gasteiger partial charge in [0.2, 0.25) is 0 Å². The van der Waals surface area contributed by atoms with Crippen molar-refractivity contribution in [3.8, 4) is 0 Å². The van der Waals surface area contributed by atoms with Gasteiger partial charge >= 0.3 is 0 Å². The Kier molecular flexibility index (Phi) is 29.3. The van der Waals surface area contributed by atoms with E-state index in [0.717, 1.165) is 4.90 Å². The van der Waals surface area contributed by atoms with Crippen LogP contribution >= 0.6 is 136 Å². The molecule has 6 amide bonds. The minimum absolute atomic E-state index is 0.00158. The predicted octanol–water partition coefficient (Wildman–Crippen LogP) is -3.03. The Hall–Kier alpha value is -0.800. The van der Waals surface area contributed by atoms with E-state index in [4.69, 9.17) is 10.2 Å². The van der Waals surface area contributed by atoms with Gasteiger partial charge in [-0.1, -0.05) is 0 Å². The molecule has 0 fully saturated rings. The molecule has 16 N–H and O–H groups in total. The molecule has 2 unspecified atom stereocenters. The van der Waals surface area contributed by atoms with Gasteiger partial charge in [0.1, 0.15) is 12.7 Å². The first-order chi connectivity index (χ1) is 30.1. The molecule has 2 aromatic carbocycles. The van der Waals surface area contributed by atoms with Crippen LogP contribution in [0.1, 0.15) is 48.4 Å². The van der Waals surface area contributed by atoms with E-state index in [1.807, 2.05) is 90.4 Å². The number of hydrogen-bond acceptors (Lipinski definition) is 17. The lowest BCUT2D eigenvalue weighted by Gasteiger charge is -2.27. The van der Waals surface area contributed by atoms with Crippen LogP contribution in [-0.2, 0) is 9.59 Å². The molecule has 0 aromatic heterocycles.